The summed E-state index contributed by atoms with van der Waals surface area (Å²) in [5.41, 5.74) is 2.25. The Morgan fingerprint density at radius 3 is 2.38 bits per heavy atom. The summed E-state index contributed by atoms with van der Waals surface area (Å²) >= 11 is 6.65. The molecule has 2 aliphatic heterocycles. The van der Waals surface area contributed by atoms with E-state index in [0.29, 0.717) is 58.0 Å². The summed E-state index contributed by atoms with van der Waals surface area (Å²) in [6.45, 7) is 6.93. The third-order valence-corrected chi connectivity index (χ3v) is 10.8. The highest BCUT2D eigenvalue weighted by molar-refractivity contribution is 6.36. The van der Waals surface area contributed by atoms with Crippen LogP contribution < -0.4 is 19.1 Å². The van der Waals surface area contributed by atoms with Crippen LogP contribution in [-0.4, -0.2) is 76.7 Å². The summed E-state index contributed by atoms with van der Waals surface area (Å²) in [4.78, 5) is 43.4. The number of aldehydes is 1. The molecule has 4 aromatic carbocycles. The summed E-state index contributed by atoms with van der Waals surface area (Å²) in [6.07, 6.45) is 4.05. The molecule has 58 heavy (non-hydrogen) atoms. The van der Waals surface area contributed by atoms with E-state index in [1.165, 1.54) is 0 Å². The Kier molecular flexibility index (Phi) is 10.8. The highest BCUT2D eigenvalue weighted by atomic mass is 35.5. The number of pyridine rings is 1. The average molecular weight is 804 g/mol. The maximum absolute atomic E-state index is 17.0. The van der Waals surface area contributed by atoms with Crippen molar-refractivity contribution in [2.45, 2.75) is 64.3 Å². The van der Waals surface area contributed by atoms with Crippen LogP contribution in [0.3, 0.4) is 0 Å². The highest BCUT2D eigenvalue weighted by Crippen LogP contribution is 2.40. The summed E-state index contributed by atoms with van der Waals surface area (Å²) in [6, 6.07) is 23.8. The molecule has 2 bridgehead atoms. The minimum atomic E-state index is -0.630. The quantitative estimate of drug-likeness (QED) is 0.117. The van der Waals surface area contributed by atoms with Gasteiger partial charge in [0.05, 0.1) is 36.8 Å². The van der Waals surface area contributed by atoms with E-state index in [-0.39, 0.29) is 48.6 Å². The monoisotopic (exact) mass is 803 g/mol. The molecule has 2 aliphatic rings. The molecule has 11 nitrogen and oxygen atoms in total. The third kappa shape index (κ3) is 7.93. The van der Waals surface area contributed by atoms with E-state index in [2.05, 4.69) is 14.9 Å². The Labute approximate surface area is 340 Å². The number of rotatable bonds is 11. The predicted molar refractivity (Wildman–Crippen MR) is 221 cm³/mol. The lowest BCUT2D eigenvalue weighted by Gasteiger charge is -2.42. The third-order valence-electron chi connectivity index (χ3n) is 10.5. The van der Waals surface area contributed by atoms with Crippen LogP contribution in [0, 0.1) is 5.82 Å². The van der Waals surface area contributed by atoms with Crippen LogP contribution in [0.1, 0.15) is 55.1 Å². The SMILES string of the molecule is COc1ccc(COc2ccc(CCOc3nc(N4CC5CCC(C4)N5C(=O)OC(C)(C)C)c4cnc(-c5cccc6cccc(Cl)c56)c(F)c4n3)cc2C=O)cc1. The number of methoxy groups -OCH3 is 1. The summed E-state index contributed by atoms with van der Waals surface area (Å²) in [7, 11) is 1.61. The van der Waals surface area contributed by atoms with Crippen molar-refractivity contribution in [1.82, 2.24) is 19.9 Å². The van der Waals surface area contributed by atoms with E-state index in [9.17, 15) is 9.59 Å². The van der Waals surface area contributed by atoms with Gasteiger partial charge in [-0.2, -0.15) is 9.97 Å². The van der Waals surface area contributed by atoms with Gasteiger partial charge in [0, 0.05) is 41.7 Å². The summed E-state index contributed by atoms with van der Waals surface area (Å²) < 4.78 is 40.1. The molecule has 0 saturated carbocycles. The number of nitrogens with zero attached hydrogens (tertiary/aromatic N) is 5. The molecule has 13 heteroatoms. The number of hydrogen-bond donors (Lipinski definition) is 0. The van der Waals surface area contributed by atoms with Crippen molar-refractivity contribution in [2.75, 3.05) is 31.7 Å². The number of carbonyl (C=O) groups excluding carboxylic acids is 2. The van der Waals surface area contributed by atoms with E-state index in [1.54, 1.807) is 37.6 Å². The first-order chi connectivity index (χ1) is 28.0. The van der Waals surface area contributed by atoms with E-state index in [4.69, 9.17) is 35.5 Å². The van der Waals surface area contributed by atoms with Gasteiger partial charge in [-0.1, -0.05) is 60.1 Å². The van der Waals surface area contributed by atoms with Crippen LogP contribution in [-0.2, 0) is 17.8 Å². The molecule has 2 saturated heterocycles. The Morgan fingerprint density at radius 2 is 1.67 bits per heavy atom. The number of benzene rings is 4. The number of aromatic nitrogens is 3. The number of carbonyl (C=O) groups is 2. The fraction of sp³-hybridized carbons (Fsp3) is 0.311. The minimum absolute atomic E-state index is 0.00789. The normalized spacial score (nSPS) is 16.4. The Bertz CT molecular complexity index is 2490. The van der Waals surface area contributed by atoms with Crippen molar-refractivity contribution in [3.05, 3.63) is 113 Å². The second-order valence-corrected chi connectivity index (χ2v) is 16.0. The van der Waals surface area contributed by atoms with Gasteiger partial charge in [0.2, 0.25) is 0 Å². The molecule has 8 rings (SSSR count). The lowest BCUT2D eigenvalue weighted by atomic mass is 10.0. The zero-order chi connectivity index (χ0) is 40.6. The fourth-order valence-corrected chi connectivity index (χ4v) is 8.10. The molecular weight excluding hydrogens is 761 g/mol. The van der Waals surface area contributed by atoms with Crippen LogP contribution in [0.15, 0.2) is 85.1 Å². The number of ether oxygens (including phenoxy) is 4. The number of piperazine rings is 1. The Hall–Kier alpha value is -6.01. The van der Waals surface area contributed by atoms with Crippen molar-refractivity contribution < 1.29 is 32.9 Å². The van der Waals surface area contributed by atoms with Gasteiger partial charge in [-0.3, -0.25) is 14.7 Å². The molecule has 2 unspecified atom stereocenters. The number of fused-ring (bicyclic) bond motifs is 4. The minimum Gasteiger partial charge on any atom is -0.497 e. The van der Waals surface area contributed by atoms with Gasteiger partial charge in [0.25, 0.3) is 0 Å². The first kappa shape index (κ1) is 38.8. The topological polar surface area (TPSA) is 116 Å². The van der Waals surface area contributed by atoms with Crippen LogP contribution in [0.25, 0.3) is 32.9 Å². The predicted octanol–water partition coefficient (Wildman–Crippen LogP) is 9.25. The molecule has 6 aromatic rings. The number of anilines is 1. The van der Waals surface area contributed by atoms with E-state index >= 15 is 4.39 Å². The molecule has 1 amide bonds. The van der Waals surface area contributed by atoms with Crippen molar-refractivity contribution in [3.8, 4) is 28.8 Å². The van der Waals surface area contributed by atoms with Crippen molar-refractivity contribution in [3.63, 3.8) is 0 Å². The number of amides is 1. The van der Waals surface area contributed by atoms with Gasteiger partial charge in [0.15, 0.2) is 12.1 Å². The fourth-order valence-electron chi connectivity index (χ4n) is 7.82. The van der Waals surface area contributed by atoms with Gasteiger partial charge >= 0.3 is 12.1 Å². The van der Waals surface area contributed by atoms with Crippen LogP contribution in [0.5, 0.6) is 17.5 Å². The van der Waals surface area contributed by atoms with E-state index < -0.39 is 11.4 Å². The average Bonchev–Trinajstić information content (AvgIpc) is 3.49. The molecule has 0 N–H and O–H groups in total. The lowest BCUT2D eigenvalue weighted by molar-refractivity contribution is 0.0122. The molecule has 0 radical (unpaired) electrons. The maximum Gasteiger partial charge on any atom is 0.410 e. The smallest absolute Gasteiger partial charge is 0.410 e. The molecule has 4 heterocycles. The van der Waals surface area contributed by atoms with Crippen molar-refractivity contribution in [2.24, 2.45) is 0 Å². The van der Waals surface area contributed by atoms with Gasteiger partial charge in [-0.05, 0) is 80.5 Å². The Balaban J connectivity index is 1.08. The highest BCUT2D eigenvalue weighted by Gasteiger charge is 2.45. The van der Waals surface area contributed by atoms with Crippen LogP contribution in [0.2, 0.25) is 5.02 Å². The van der Waals surface area contributed by atoms with Crippen molar-refractivity contribution >= 4 is 51.5 Å². The zero-order valence-electron chi connectivity index (χ0n) is 32.7. The molecule has 0 aliphatic carbocycles. The lowest BCUT2D eigenvalue weighted by Crippen LogP contribution is -2.57. The van der Waals surface area contributed by atoms with E-state index in [0.717, 1.165) is 41.4 Å². The zero-order valence-corrected chi connectivity index (χ0v) is 33.5. The largest absolute Gasteiger partial charge is 0.497 e. The molecule has 0 spiro atoms. The molecule has 2 atom stereocenters. The molecule has 2 fully saturated rings. The summed E-state index contributed by atoms with van der Waals surface area (Å²) in [5, 5.41) is 2.44. The molecule has 298 valence electrons. The van der Waals surface area contributed by atoms with Gasteiger partial charge < -0.3 is 23.8 Å². The molecular formula is C45H43ClFN5O6. The first-order valence-electron chi connectivity index (χ1n) is 19.3. The maximum atomic E-state index is 17.0. The van der Waals surface area contributed by atoms with E-state index in [1.807, 2.05) is 80.3 Å². The molecule has 2 aromatic heterocycles. The van der Waals surface area contributed by atoms with Gasteiger partial charge in [0.1, 0.15) is 40.7 Å². The van der Waals surface area contributed by atoms with Gasteiger partial charge in [-0.25, -0.2) is 9.18 Å². The second kappa shape index (κ2) is 16.1. The van der Waals surface area contributed by atoms with Gasteiger partial charge in [-0.15, -0.1) is 0 Å². The van der Waals surface area contributed by atoms with Crippen LogP contribution >= 0.6 is 11.6 Å². The number of halogens is 2. The first-order valence-corrected chi connectivity index (χ1v) is 19.6. The summed E-state index contributed by atoms with van der Waals surface area (Å²) in [5.74, 6) is 1.05. The standard InChI is InChI=1S/C45H43ClFN5O6/c1-45(2,3)58-44(54)52-31-14-15-32(52)24-51(23-31)42-35-22-48-40(34-9-5-7-29-8-6-10-36(46)38(29)34)39(47)41(35)49-43(50-42)56-20-19-27-13-18-37(30(21-27)25-53)57-26-28-11-16-33(55-4)17-12-28/h5-13,16-18,21-22,25,31-32H,14-15,19-20,23-24,26H2,1-4H3. The number of hydrogen-bond acceptors (Lipinski definition) is 10. The Morgan fingerprint density at radius 1 is 0.948 bits per heavy atom. The van der Waals surface area contributed by atoms with Crippen LogP contribution in [0.4, 0.5) is 15.0 Å². The second-order valence-electron chi connectivity index (χ2n) is 15.6. The van der Waals surface area contributed by atoms with Crippen molar-refractivity contribution in [1.29, 1.82) is 0 Å².